The van der Waals surface area contributed by atoms with Crippen molar-refractivity contribution >= 4 is 11.5 Å². The molecule has 0 heterocycles. The van der Waals surface area contributed by atoms with Crippen LogP contribution in [0, 0.1) is 17.0 Å². The van der Waals surface area contributed by atoms with E-state index in [4.69, 9.17) is 0 Å². The Morgan fingerprint density at radius 1 is 1.11 bits per heavy atom. The van der Waals surface area contributed by atoms with E-state index in [1.54, 1.807) is 30.3 Å². The van der Waals surface area contributed by atoms with E-state index in [1.807, 2.05) is 19.1 Å². The van der Waals surface area contributed by atoms with Crippen LogP contribution in [0.25, 0.3) is 0 Å². The van der Waals surface area contributed by atoms with Gasteiger partial charge in [0.05, 0.1) is 4.92 Å². The molecule has 0 saturated carbocycles. The lowest BCUT2D eigenvalue weighted by molar-refractivity contribution is -0.385. The molecule has 0 aliphatic heterocycles. The van der Waals surface area contributed by atoms with Gasteiger partial charge in [-0.25, -0.2) is 0 Å². The molecule has 0 N–H and O–H groups in total. The summed E-state index contributed by atoms with van der Waals surface area (Å²) in [6, 6.07) is 13.6. The van der Waals surface area contributed by atoms with Crippen molar-refractivity contribution in [1.82, 2.24) is 0 Å². The summed E-state index contributed by atoms with van der Waals surface area (Å²) >= 11 is 0. The van der Waals surface area contributed by atoms with Crippen LogP contribution in [0.5, 0.6) is 0 Å². The SMILES string of the molecule is Cc1ccccc1C(=O)Cc1ccccc1[N+](=O)[O-]. The lowest BCUT2D eigenvalue weighted by Gasteiger charge is -2.05. The van der Waals surface area contributed by atoms with Crippen LogP contribution in [-0.4, -0.2) is 10.7 Å². The van der Waals surface area contributed by atoms with Crippen molar-refractivity contribution in [3.63, 3.8) is 0 Å². The van der Waals surface area contributed by atoms with Gasteiger partial charge in [-0.1, -0.05) is 42.5 Å². The van der Waals surface area contributed by atoms with Gasteiger partial charge in [-0.3, -0.25) is 14.9 Å². The van der Waals surface area contributed by atoms with Gasteiger partial charge in [-0.2, -0.15) is 0 Å². The highest BCUT2D eigenvalue weighted by molar-refractivity contribution is 5.99. The number of benzene rings is 2. The van der Waals surface area contributed by atoms with Gasteiger partial charge in [-0.05, 0) is 12.5 Å². The Bertz CT molecular complexity index is 635. The van der Waals surface area contributed by atoms with E-state index in [-0.39, 0.29) is 17.9 Å². The molecule has 0 amide bonds. The highest BCUT2D eigenvalue weighted by Crippen LogP contribution is 2.20. The largest absolute Gasteiger partial charge is 0.294 e. The van der Waals surface area contributed by atoms with Gasteiger partial charge in [0.15, 0.2) is 5.78 Å². The quantitative estimate of drug-likeness (QED) is 0.478. The van der Waals surface area contributed by atoms with Gasteiger partial charge >= 0.3 is 0 Å². The fraction of sp³-hybridized carbons (Fsp3) is 0.133. The maximum atomic E-state index is 12.2. The highest BCUT2D eigenvalue weighted by atomic mass is 16.6. The Hall–Kier alpha value is -2.49. The van der Waals surface area contributed by atoms with E-state index in [9.17, 15) is 14.9 Å². The van der Waals surface area contributed by atoms with Crippen LogP contribution < -0.4 is 0 Å². The van der Waals surface area contributed by atoms with Crippen molar-refractivity contribution in [2.24, 2.45) is 0 Å². The van der Waals surface area contributed by atoms with Crippen molar-refractivity contribution in [2.75, 3.05) is 0 Å². The first-order chi connectivity index (χ1) is 9.09. The summed E-state index contributed by atoms with van der Waals surface area (Å²) in [6.45, 7) is 1.85. The van der Waals surface area contributed by atoms with Crippen molar-refractivity contribution in [1.29, 1.82) is 0 Å². The molecule has 0 aliphatic carbocycles. The lowest BCUT2D eigenvalue weighted by atomic mass is 9.98. The summed E-state index contributed by atoms with van der Waals surface area (Å²) in [4.78, 5) is 22.6. The zero-order valence-corrected chi connectivity index (χ0v) is 10.5. The highest BCUT2D eigenvalue weighted by Gasteiger charge is 2.17. The molecule has 0 unspecified atom stereocenters. The molecule has 0 saturated heterocycles. The molecule has 0 bridgehead atoms. The van der Waals surface area contributed by atoms with Crippen LogP contribution >= 0.6 is 0 Å². The van der Waals surface area contributed by atoms with E-state index in [0.717, 1.165) is 5.56 Å². The van der Waals surface area contributed by atoms with Crippen molar-refractivity contribution in [2.45, 2.75) is 13.3 Å². The van der Waals surface area contributed by atoms with Gasteiger partial charge in [0.1, 0.15) is 0 Å². The van der Waals surface area contributed by atoms with Gasteiger partial charge in [0.2, 0.25) is 0 Å². The molecule has 19 heavy (non-hydrogen) atoms. The van der Waals surface area contributed by atoms with Gasteiger partial charge in [-0.15, -0.1) is 0 Å². The van der Waals surface area contributed by atoms with Gasteiger partial charge in [0, 0.05) is 23.6 Å². The molecule has 0 spiro atoms. The summed E-state index contributed by atoms with van der Waals surface area (Å²) in [5, 5.41) is 10.9. The normalized spacial score (nSPS) is 10.2. The Morgan fingerprint density at radius 2 is 1.74 bits per heavy atom. The molecule has 4 heteroatoms. The molecule has 4 nitrogen and oxygen atoms in total. The third-order valence-corrected chi connectivity index (χ3v) is 2.98. The fourth-order valence-electron chi connectivity index (χ4n) is 1.99. The van der Waals surface area contributed by atoms with Crippen molar-refractivity contribution in [3.8, 4) is 0 Å². The number of carbonyl (C=O) groups is 1. The number of Topliss-reactive ketones (excluding diaryl/α,β-unsaturated/α-hetero) is 1. The van der Waals surface area contributed by atoms with Crippen molar-refractivity contribution < 1.29 is 9.72 Å². The molecule has 2 rings (SSSR count). The third-order valence-electron chi connectivity index (χ3n) is 2.98. The number of para-hydroxylation sites is 1. The number of rotatable bonds is 4. The topological polar surface area (TPSA) is 60.2 Å². The number of ketones is 1. The first kappa shape index (κ1) is 13.0. The zero-order chi connectivity index (χ0) is 13.8. The molecular formula is C15H13NO3. The minimum absolute atomic E-state index is 0.00978. The van der Waals surface area contributed by atoms with Crippen LogP contribution in [0.15, 0.2) is 48.5 Å². The number of hydrogen-bond acceptors (Lipinski definition) is 3. The number of aryl methyl sites for hydroxylation is 1. The summed E-state index contributed by atoms with van der Waals surface area (Å²) in [5.74, 6) is -0.104. The Morgan fingerprint density at radius 3 is 2.42 bits per heavy atom. The first-order valence-electron chi connectivity index (χ1n) is 5.90. The van der Waals surface area contributed by atoms with Crippen molar-refractivity contribution in [3.05, 3.63) is 75.3 Å². The monoisotopic (exact) mass is 255 g/mol. The fourth-order valence-corrected chi connectivity index (χ4v) is 1.99. The molecule has 0 aliphatic rings. The van der Waals surface area contributed by atoms with E-state index in [1.165, 1.54) is 6.07 Å². The minimum atomic E-state index is -0.458. The first-order valence-corrected chi connectivity index (χ1v) is 5.90. The second kappa shape index (κ2) is 5.44. The van der Waals surface area contributed by atoms with Crippen LogP contribution in [0.2, 0.25) is 0 Å². The van der Waals surface area contributed by atoms with Crippen LogP contribution in [0.4, 0.5) is 5.69 Å². The summed E-state index contributed by atoms with van der Waals surface area (Å²) < 4.78 is 0. The summed E-state index contributed by atoms with van der Waals surface area (Å²) in [6.07, 6.45) is 0.0437. The number of nitro groups is 1. The molecular weight excluding hydrogens is 242 g/mol. The maximum absolute atomic E-state index is 12.2. The number of hydrogen-bond donors (Lipinski definition) is 0. The van der Waals surface area contributed by atoms with E-state index < -0.39 is 4.92 Å². The van der Waals surface area contributed by atoms with Crippen LogP contribution in [-0.2, 0) is 6.42 Å². The Kier molecular flexibility index (Phi) is 3.71. The van der Waals surface area contributed by atoms with E-state index in [2.05, 4.69) is 0 Å². The van der Waals surface area contributed by atoms with Crippen LogP contribution in [0.1, 0.15) is 21.5 Å². The maximum Gasteiger partial charge on any atom is 0.273 e. The molecule has 0 aromatic heterocycles. The molecule has 0 fully saturated rings. The number of carbonyl (C=O) groups excluding carboxylic acids is 1. The predicted octanol–water partition coefficient (Wildman–Crippen LogP) is 3.33. The molecule has 0 atom stereocenters. The van der Waals surface area contributed by atoms with Gasteiger partial charge < -0.3 is 0 Å². The summed E-state index contributed by atoms with van der Waals surface area (Å²) in [7, 11) is 0. The lowest BCUT2D eigenvalue weighted by Crippen LogP contribution is -2.07. The van der Waals surface area contributed by atoms with E-state index in [0.29, 0.717) is 11.1 Å². The minimum Gasteiger partial charge on any atom is -0.294 e. The predicted molar refractivity (Wildman–Crippen MR) is 72.3 cm³/mol. The third kappa shape index (κ3) is 2.85. The Labute approximate surface area is 110 Å². The number of nitrogens with zero attached hydrogens (tertiary/aromatic N) is 1. The molecule has 0 radical (unpaired) electrons. The standard InChI is InChI=1S/C15H13NO3/c1-11-6-2-4-8-13(11)15(17)10-12-7-3-5-9-14(12)16(18)19/h2-9H,10H2,1H3. The average molecular weight is 255 g/mol. The molecule has 2 aromatic rings. The smallest absolute Gasteiger partial charge is 0.273 e. The van der Waals surface area contributed by atoms with Gasteiger partial charge in [0.25, 0.3) is 5.69 Å². The summed E-state index contributed by atoms with van der Waals surface area (Å²) in [5.41, 5.74) is 1.93. The number of nitro benzene ring substituents is 1. The average Bonchev–Trinajstić information content (AvgIpc) is 2.39. The van der Waals surface area contributed by atoms with Crippen LogP contribution in [0.3, 0.4) is 0 Å². The second-order valence-electron chi connectivity index (χ2n) is 4.30. The Balaban J connectivity index is 2.30. The molecule has 2 aromatic carbocycles. The molecule has 96 valence electrons. The zero-order valence-electron chi connectivity index (χ0n) is 10.5. The van der Waals surface area contributed by atoms with E-state index >= 15 is 0 Å². The second-order valence-corrected chi connectivity index (χ2v) is 4.30.